The largest absolute Gasteiger partial charge is 0.481 e. The van der Waals surface area contributed by atoms with Gasteiger partial charge in [-0.1, -0.05) is 0 Å². The van der Waals surface area contributed by atoms with Crippen molar-refractivity contribution in [2.75, 3.05) is 26.2 Å². The summed E-state index contributed by atoms with van der Waals surface area (Å²) in [5, 5.41) is 31.0. The van der Waals surface area contributed by atoms with Crippen molar-refractivity contribution in [3.63, 3.8) is 0 Å². The molecule has 0 aliphatic carbocycles. The minimum atomic E-state index is -1.16. The van der Waals surface area contributed by atoms with Crippen molar-refractivity contribution in [3.8, 4) is 0 Å². The predicted molar refractivity (Wildman–Crippen MR) is 62.4 cm³/mol. The predicted octanol–water partition coefficient (Wildman–Crippen LogP) is -0.637. The van der Waals surface area contributed by atoms with Crippen LogP contribution >= 0.6 is 0 Å². The van der Waals surface area contributed by atoms with Crippen LogP contribution in [0.5, 0.6) is 0 Å². The maximum absolute atomic E-state index is 10.7. The van der Waals surface area contributed by atoms with E-state index < -0.39 is 24.4 Å². The first-order chi connectivity index (χ1) is 8.57. The Balaban J connectivity index is 3.49. The molecule has 1 atom stereocenters. The zero-order chi connectivity index (χ0) is 13.8. The van der Waals surface area contributed by atoms with E-state index >= 15 is 0 Å². The van der Waals surface area contributed by atoms with E-state index in [0.717, 1.165) is 0 Å². The third-order valence-corrected chi connectivity index (χ3v) is 2.19. The summed E-state index contributed by atoms with van der Waals surface area (Å²) >= 11 is 0. The summed E-state index contributed by atoms with van der Waals surface area (Å²) in [7, 11) is 0. The molecule has 0 fully saturated rings. The normalized spacial score (nSPS) is 12.3. The minimum Gasteiger partial charge on any atom is -0.481 e. The first-order valence-electron chi connectivity index (χ1n) is 5.73. The molecule has 0 spiro atoms. The molecular formula is C10H20N2O6. The first-order valence-corrected chi connectivity index (χ1v) is 5.73. The van der Waals surface area contributed by atoms with Crippen molar-refractivity contribution in [2.24, 2.45) is 0 Å². The zero-order valence-electron chi connectivity index (χ0n) is 10.1. The number of carboxylic acids is 2. The number of nitrogens with one attached hydrogen (secondary N) is 2. The molecule has 5 N–H and O–H groups in total. The molecule has 18 heavy (non-hydrogen) atoms. The second-order valence-electron chi connectivity index (χ2n) is 3.73. The molecular weight excluding hydrogens is 244 g/mol. The Bertz CT molecular complexity index is 249. The Morgan fingerprint density at radius 1 is 1.11 bits per heavy atom. The van der Waals surface area contributed by atoms with Crippen LogP contribution in [0, 0.1) is 0 Å². The van der Waals surface area contributed by atoms with Gasteiger partial charge in [-0.3, -0.25) is 14.8 Å². The fourth-order valence-electron chi connectivity index (χ4n) is 1.30. The lowest BCUT2D eigenvalue weighted by atomic mass is 10.2. The maximum Gasteiger partial charge on any atom is 0.321 e. The van der Waals surface area contributed by atoms with Gasteiger partial charge in [0.05, 0.1) is 13.0 Å². The van der Waals surface area contributed by atoms with E-state index in [0.29, 0.717) is 32.5 Å². The smallest absolute Gasteiger partial charge is 0.321 e. The number of aliphatic carboxylic acids is 2. The summed E-state index contributed by atoms with van der Waals surface area (Å²) < 4.78 is 0. The van der Waals surface area contributed by atoms with Crippen LogP contribution in [-0.4, -0.2) is 59.7 Å². The molecule has 0 saturated carbocycles. The van der Waals surface area contributed by atoms with Crippen LogP contribution in [-0.2, 0) is 14.5 Å². The van der Waals surface area contributed by atoms with Gasteiger partial charge in [-0.15, -0.1) is 0 Å². The number of carbonyl (C=O) groups is 2. The van der Waals surface area contributed by atoms with Crippen LogP contribution < -0.4 is 10.6 Å². The van der Waals surface area contributed by atoms with E-state index in [1.54, 1.807) is 0 Å². The molecule has 0 heterocycles. The van der Waals surface area contributed by atoms with Crippen LogP contribution in [0.25, 0.3) is 0 Å². The van der Waals surface area contributed by atoms with Gasteiger partial charge in [0, 0.05) is 0 Å². The fourth-order valence-corrected chi connectivity index (χ4v) is 1.30. The lowest BCUT2D eigenvalue weighted by Crippen LogP contribution is -2.39. The topological polar surface area (TPSA) is 128 Å². The van der Waals surface area contributed by atoms with E-state index in [1.807, 2.05) is 0 Å². The molecule has 0 amide bonds. The standard InChI is InChI=1S/C10H20N2O6/c13-9(14)7-8(10(15)16)12-5-1-3-11-4-2-6-18-17/h8,11-12,17H,1-7H2,(H,13,14)(H,15,16). The Labute approximate surface area is 105 Å². The summed E-state index contributed by atoms with van der Waals surface area (Å²) in [4.78, 5) is 25.0. The third-order valence-electron chi connectivity index (χ3n) is 2.19. The lowest BCUT2D eigenvalue weighted by Gasteiger charge is -2.12. The molecule has 0 saturated heterocycles. The molecule has 0 aromatic carbocycles. The van der Waals surface area contributed by atoms with Crippen LogP contribution in [0.1, 0.15) is 19.3 Å². The second-order valence-corrected chi connectivity index (χ2v) is 3.73. The minimum absolute atomic E-state index is 0.269. The summed E-state index contributed by atoms with van der Waals surface area (Å²) in [6, 6.07) is -1.05. The van der Waals surface area contributed by atoms with E-state index in [9.17, 15) is 9.59 Å². The molecule has 0 aromatic heterocycles. The van der Waals surface area contributed by atoms with Gasteiger partial charge in [0.2, 0.25) is 0 Å². The molecule has 0 bridgehead atoms. The number of carboxylic acid groups (broad SMARTS) is 2. The summed E-state index contributed by atoms with van der Waals surface area (Å²) in [5.74, 6) is -2.30. The van der Waals surface area contributed by atoms with Gasteiger partial charge in [-0.05, 0) is 32.5 Å². The SMILES string of the molecule is O=C(O)CC(NCCCNCCCOO)C(=O)O. The number of hydrogen-bond acceptors (Lipinski definition) is 6. The summed E-state index contributed by atoms with van der Waals surface area (Å²) in [5.41, 5.74) is 0. The second kappa shape index (κ2) is 10.9. The van der Waals surface area contributed by atoms with Crippen LogP contribution in [0.15, 0.2) is 0 Å². The first kappa shape index (κ1) is 16.8. The highest BCUT2D eigenvalue weighted by Gasteiger charge is 2.19. The number of rotatable bonds is 12. The van der Waals surface area contributed by atoms with Crippen LogP contribution in [0.2, 0.25) is 0 Å². The Hall–Kier alpha value is -1.22. The summed E-state index contributed by atoms with van der Waals surface area (Å²) in [6.07, 6.45) is 0.931. The zero-order valence-corrected chi connectivity index (χ0v) is 10.1. The Kier molecular flexibility index (Phi) is 10.2. The van der Waals surface area contributed by atoms with Gasteiger partial charge in [-0.25, -0.2) is 4.89 Å². The van der Waals surface area contributed by atoms with Crippen molar-refractivity contribution in [3.05, 3.63) is 0 Å². The Morgan fingerprint density at radius 2 is 1.78 bits per heavy atom. The Morgan fingerprint density at radius 3 is 2.33 bits per heavy atom. The average molecular weight is 264 g/mol. The fraction of sp³-hybridized carbons (Fsp3) is 0.800. The van der Waals surface area contributed by atoms with Crippen LogP contribution in [0.3, 0.4) is 0 Å². The van der Waals surface area contributed by atoms with Gasteiger partial charge in [-0.2, -0.15) is 0 Å². The van der Waals surface area contributed by atoms with Gasteiger partial charge < -0.3 is 20.8 Å². The highest BCUT2D eigenvalue weighted by Crippen LogP contribution is 1.92. The summed E-state index contributed by atoms with van der Waals surface area (Å²) in [6.45, 7) is 2.06. The van der Waals surface area contributed by atoms with Crippen LogP contribution in [0.4, 0.5) is 0 Å². The van der Waals surface area contributed by atoms with Crippen molar-refractivity contribution >= 4 is 11.9 Å². The lowest BCUT2D eigenvalue weighted by molar-refractivity contribution is -0.242. The highest BCUT2D eigenvalue weighted by molar-refractivity contribution is 5.80. The molecule has 0 rings (SSSR count). The van der Waals surface area contributed by atoms with Crippen molar-refractivity contribution in [2.45, 2.75) is 25.3 Å². The van der Waals surface area contributed by atoms with Crippen molar-refractivity contribution in [1.29, 1.82) is 0 Å². The average Bonchev–Trinajstić information content (AvgIpc) is 2.30. The third kappa shape index (κ3) is 9.97. The van der Waals surface area contributed by atoms with E-state index in [-0.39, 0.29) is 6.61 Å². The molecule has 1 unspecified atom stereocenters. The van der Waals surface area contributed by atoms with Gasteiger partial charge in [0.1, 0.15) is 6.04 Å². The van der Waals surface area contributed by atoms with E-state index in [2.05, 4.69) is 15.5 Å². The molecule has 8 heteroatoms. The number of hydrogen-bond donors (Lipinski definition) is 5. The quantitative estimate of drug-likeness (QED) is 0.179. The highest BCUT2D eigenvalue weighted by atomic mass is 17.1. The molecule has 106 valence electrons. The molecule has 8 nitrogen and oxygen atoms in total. The molecule has 0 aromatic rings. The molecule has 0 aliphatic heterocycles. The molecule has 0 radical (unpaired) electrons. The van der Waals surface area contributed by atoms with Gasteiger partial charge in [0.25, 0.3) is 0 Å². The van der Waals surface area contributed by atoms with Crippen molar-refractivity contribution in [1.82, 2.24) is 10.6 Å². The van der Waals surface area contributed by atoms with Crippen molar-refractivity contribution < 1.29 is 29.9 Å². The van der Waals surface area contributed by atoms with Gasteiger partial charge >= 0.3 is 11.9 Å². The molecule has 0 aliphatic rings. The maximum atomic E-state index is 10.7. The monoisotopic (exact) mass is 264 g/mol. The van der Waals surface area contributed by atoms with E-state index in [4.69, 9.17) is 15.5 Å². The van der Waals surface area contributed by atoms with Gasteiger partial charge in [0.15, 0.2) is 0 Å². The van der Waals surface area contributed by atoms with E-state index in [1.165, 1.54) is 0 Å².